The summed E-state index contributed by atoms with van der Waals surface area (Å²) >= 11 is 0. The van der Waals surface area contributed by atoms with E-state index in [0.717, 1.165) is 64.2 Å². The lowest BCUT2D eigenvalue weighted by atomic mass is 10.0. The largest absolute Gasteiger partial charge is 0.472 e. The van der Waals surface area contributed by atoms with Crippen LogP contribution in [0.5, 0.6) is 0 Å². The second kappa shape index (κ2) is 69.3. The Morgan fingerprint density at radius 3 is 1.05 bits per heavy atom. The summed E-state index contributed by atoms with van der Waals surface area (Å²) in [5, 5.41) is 14.0. The van der Waals surface area contributed by atoms with Crippen molar-refractivity contribution in [3.05, 3.63) is 72.9 Å². The molecule has 9 heteroatoms. The maximum Gasteiger partial charge on any atom is 0.472 e. The van der Waals surface area contributed by atoms with Crippen LogP contribution < -0.4 is 5.32 Å². The van der Waals surface area contributed by atoms with Crippen LogP contribution in [0, 0.1) is 0 Å². The minimum atomic E-state index is -4.36. The van der Waals surface area contributed by atoms with E-state index in [2.05, 4.69) is 79.9 Å². The minimum Gasteiger partial charge on any atom is -0.387 e. The van der Waals surface area contributed by atoms with E-state index < -0.39 is 20.0 Å². The number of aliphatic hydroxyl groups excluding tert-OH is 1. The fourth-order valence-electron chi connectivity index (χ4n) is 11.5. The zero-order valence-electron chi connectivity index (χ0n) is 59.2. The molecule has 3 N–H and O–H groups in total. The molecule has 0 aromatic carbocycles. The molecule has 0 aliphatic rings. The number of quaternary nitrogens is 1. The molecule has 0 aliphatic heterocycles. The van der Waals surface area contributed by atoms with Crippen LogP contribution in [0.2, 0.25) is 0 Å². The number of unbranched alkanes of at least 4 members (excludes halogenated alkanes) is 48. The van der Waals surface area contributed by atoms with Gasteiger partial charge in [-0.15, -0.1) is 0 Å². The van der Waals surface area contributed by atoms with Gasteiger partial charge in [0.05, 0.1) is 39.9 Å². The molecule has 0 heterocycles. The highest BCUT2D eigenvalue weighted by molar-refractivity contribution is 7.47. The fourth-order valence-corrected chi connectivity index (χ4v) is 12.3. The SMILES string of the molecule is CC/C=C\C/C=C\C/C=C\C/C=C\CCCCCCCCCCCCCCCCCCCCCCCCCCCCC(=O)NC(COP(=O)(O)OCC[N+](C)(C)C)C(O)/C=C/CC/C=C/CCCCCCCCCCCCCCCCCCCCCCC. The zero-order valence-corrected chi connectivity index (χ0v) is 60.1. The molecule has 0 aromatic heterocycles. The number of phosphoric acid groups is 1. The number of likely N-dealkylation sites (N-methyl/N-ethyl adjacent to an activating group) is 1. The number of aliphatic hydroxyl groups is 1. The molecular formula is C79H150N2O6P+. The molecule has 0 bridgehead atoms. The van der Waals surface area contributed by atoms with E-state index in [9.17, 15) is 19.4 Å². The number of amides is 1. The standard InChI is InChI=1S/C79H149N2O6P/c1-6-8-10-12-14-16-18-20-22-24-26-28-30-32-34-35-36-37-38-39-40-41-42-43-44-45-47-49-51-53-55-57-59-61-63-65-67-69-71-73-79(83)80-77(76-87-88(84,85)86-75-74-81(3,4)5)78(82)72-70-68-66-64-62-60-58-56-54-52-50-48-46-33-31-29-27-25-23-21-19-17-15-13-11-9-7-2/h8,10,14,16,20,22,26,28,62,64,70,72,77-78,82H,6-7,9,11-13,15,17-19,21,23-25,27,29-61,63,65-69,71,73-76H2,1-5H3,(H-,80,83,84,85)/p+1/b10-8-,16-14-,22-20-,28-26-,64-62+,72-70+. The van der Waals surface area contributed by atoms with Gasteiger partial charge in [-0.05, 0) is 70.6 Å². The lowest BCUT2D eigenvalue weighted by Crippen LogP contribution is -2.45. The van der Waals surface area contributed by atoms with Gasteiger partial charge in [-0.1, -0.05) is 369 Å². The van der Waals surface area contributed by atoms with Crippen molar-refractivity contribution in [2.75, 3.05) is 40.9 Å². The van der Waals surface area contributed by atoms with E-state index in [4.69, 9.17) is 9.05 Å². The Bertz CT molecular complexity index is 1670. The molecule has 3 atom stereocenters. The summed E-state index contributed by atoms with van der Waals surface area (Å²) in [7, 11) is 1.57. The van der Waals surface area contributed by atoms with Crippen LogP contribution in [0.3, 0.4) is 0 Å². The second-order valence-corrected chi connectivity index (χ2v) is 28.8. The van der Waals surface area contributed by atoms with Gasteiger partial charge >= 0.3 is 7.82 Å². The molecule has 0 aromatic rings. The van der Waals surface area contributed by atoms with Crippen molar-refractivity contribution >= 4 is 13.7 Å². The Hall–Kier alpha value is -2.06. The second-order valence-electron chi connectivity index (χ2n) is 27.3. The number of carbonyl (C=O) groups is 1. The minimum absolute atomic E-state index is 0.0569. The average molecular weight is 1260 g/mol. The molecule has 3 unspecified atom stereocenters. The first-order chi connectivity index (χ1) is 43.0. The van der Waals surface area contributed by atoms with Crippen LogP contribution in [0.15, 0.2) is 72.9 Å². The lowest BCUT2D eigenvalue weighted by molar-refractivity contribution is -0.870. The summed E-state index contributed by atoms with van der Waals surface area (Å²) in [5.41, 5.74) is 0. The van der Waals surface area contributed by atoms with Crippen LogP contribution in [0.25, 0.3) is 0 Å². The van der Waals surface area contributed by atoms with E-state index >= 15 is 0 Å². The highest BCUT2D eigenvalue weighted by Crippen LogP contribution is 2.43. The highest BCUT2D eigenvalue weighted by atomic mass is 31.2. The van der Waals surface area contributed by atoms with Crippen molar-refractivity contribution in [3.8, 4) is 0 Å². The lowest BCUT2D eigenvalue weighted by Gasteiger charge is -2.25. The quantitative estimate of drug-likeness (QED) is 0.0243. The smallest absolute Gasteiger partial charge is 0.387 e. The summed E-state index contributed by atoms with van der Waals surface area (Å²) in [5.74, 6) is -0.180. The fraction of sp³-hybridized carbons (Fsp3) is 0.835. The molecule has 88 heavy (non-hydrogen) atoms. The molecule has 0 radical (unpaired) electrons. The molecule has 0 saturated carbocycles. The van der Waals surface area contributed by atoms with E-state index in [1.54, 1.807) is 6.08 Å². The monoisotopic (exact) mass is 1250 g/mol. The molecule has 8 nitrogen and oxygen atoms in total. The van der Waals surface area contributed by atoms with Crippen LogP contribution in [0.4, 0.5) is 0 Å². The van der Waals surface area contributed by atoms with Crippen molar-refractivity contribution in [2.45, 2.75) is 386 Å². The van der Waals surface area contributed by atoms with Crippen LogP contribution >= 0.6 is 7.82 Å². The number of allylic oxidation sites excluding steroid dienone is 11. The van der Waals surface area contributed by atoms with Gasteiger partial charge in [-0.2, -0.15) is 0 Å². The van der Waals surface area contributed by atoms with Gasteiger partial charge < -0.3 is 19.8 Å². The van der Waals surface area contributed by atoms with Crippen molar-refractivity contribution in [1.29, 1.82) is 0 Å². The third-order valence-electron chi connectivity index (χ3n) is 17.4. The van der Waals surface area contributed by atoms with Gasteiger partial charge in [-0.25, -0.2) is 4.57 Å². The number of nitrogens with zero attached hydrogens (tertiary/aromatic N) is 1. The Labute approximate surface area is 548 Å². The van der Waals surface area contributed by atoms with Gasteiger partial charge in [0.25, 0.3) is 0 Å². The highest BCUT2D eigenvalue weighted by Gasteiger charge is 2.28. The predicted molar refractivity (Wildman–Crippen MR) is 387 cm³/mol. The van der Waals surface area contributed by atoms with Crippen molar-refractivity contribution in [3.63, 3.8) is 0 Å². The van der Waals surface area contributed by atoms with Gasteiger partial charge in [0.2, 0.25) is 5.91 Å². The molecule has 516 valence electrons. The number of phosphoric ester groups is 1. The van der Waals surface area contributed by atoms with Crippen molar-refractivity contribution in [1.82, 2.24) is 5.32 Å². The van der Waals surface area contributed by atoms with Crippen molar-refractivity contribution < 1.29 is 32.9 Å². The first-order valence-electron chi connectivity index (χ1n) is 38.3. The summed E-state index contributed by atoms with van der Waals surface area (Å²) < 4.78 is 23.8. The maximum atomic E-state index is 13.1. The molecular weight excluding hydrogens is 1100 g/mol. The Morgan fingerprint density at radius 2 is 0.693 bits per heavy atom. The molecule has 0 rings (SSSR count). The Balaban J connectivity index is 3.97. The zero-order chi connectivity index (χ0) is 64.1. The number of hydrogen-bond donors (Lipinski definition) is 3. The number of rotatable bonds is 71. The van der Waals surface area contributed by atoms with Gasteiger partial charge in [0.1, 0.15) is 13.2 Å². The first kappa shape index (κ1) is 85.9. The average Bonchev–Trinajstić information content (AvgIpc) is 3.70. The third-order valence-corrected chi connectivity index (χ3v) is 18.4. The molecule has 1 amide bonds. The topological polar surface area (TPSA) is 105 Å². The van der Waals surface area contributed by atoms with E-state index in [1.165, 1.54) is 289 Å². The first-order valence-corrected chi connectivity index (χ1v) is 39.8. The van der Waals surface area contributed by atoms with Crippen molar-refractivity contribution in [2.24, 2.45) is 0 Å². The van der Waals surface area contributed by atoms with Crippen LogP contribution in [0.1, 0.15) is 373 Å². The maximum absolute atomic E-state index is 13.1. The third kappa shape index (κ3) is 71.4. The Morgan fingerprint density at radius 1 is 0.398 bits per heavy atom. The Kier molecular flexibility index (Phi) is 67.7. The molecule has 0 saturated heterocycles. The number of carbonyl (C=O) groups excluding carboxylic acids is 1. The van der Waals surface area contributed by atoms with Gasteiger partial charge in [0, 0.05) is 6.42 Å². The molecule has 0 aliphatic carbocycles. The van der Waals surface area contributed by atoms with E-state index in [-0.39, 0.29) is 19.1 Å². The summed E-state index contributed by atoms with van der Waals surface area (Å²) in [6.07, 6.45) is 98.1. The summed E-state index contributed by atoms with van der Waals surface area (Å²) in [6, 6.07) is -0.865. The van der Waals surface area contributed by atoms with Gasteiger partial charge in [0.15, 0.2) is 0 Å². The van der Waals surface area contributed by atoms with Gasteiger partial charge in [-0.3, -0.25) is 13.8 Å². The normalized spacial score (nSPS) is 13.9. The molecule has 0 spiro atoms. The number of nitrogens with one attached hydrogen (secondary N) is 1. The van der Waals surface area contributed by atoms with E-state index in [0.29, 0.717) is 17.4 Å². The van der Waals surface area contributed by atoms with Crippen LogP contribution in [-0.2, 0) is 18.4 Å². The summed E-state index contributed by atoms with van der Waals surface area (Å²) in [6.45, 7) is 4.73. The summed E-state index contributed by atoms with van der Waals surface area (Å²) in [4.78, 5) is 23.5. The number of hydrogen-bond acceptors (Lipinski definition) is 5. The molecule has 0 fully saturated rings. The predicted octanol–water partition coefficient (Wildman–Crippen LogP) is 24.9. The van der Waals surface area contributed by atoms with Crippen LogP contribution in [-0.4, -0.2) is 73.4 Å². The van der Waals surface area contributed by atoms with E-state index in [1.807, 2.05) is 27.2 Å².